The second-order valence-corrected chi connectivity index (χ2v) is 7.02. The zero-order chi connectivity index (χ0) is 18.1. The number of nitrogens with zero attached hydrogens (tertiary/aromatic N) is 4. The van der Waals surface area contributed by atoms with Crippen molar-refractivity contribution in [3.05, 3.63) is 58.6 Å². The lowest BCUT2D eigenvalue weighted by molar-refractivity contribution is 0.434. The van der Waals surface area contributed by atoms with E-state index in [1.54, 1.807) is 6.07 Å². The number of aromatic amines is 1. The number of aromatic nitrogens is 4. The number of H-pyrrole nitrogens is 1. The molecule has 0 aliphatic carbocycles. The molecule has 134 valence electrons. The van der Waals surface area contributed by atoms with Gasteiger partial charge >= 0.3 is 0 Å². The van der Waals surface area contributed by atoms with Crippen LogP contribution in [0.3, 0.4) is 0 Å². The second-order valence-electron chi connectivity index (χ2n) is 7.02. The highest BCUT2D eigenvalue weighted by atomic mass is 16.1. The third kappa shape index (κ3) is 3.14. The Balaban J connectivity index is 1.64. The SMILES string of the molecule is Cc1nc(N2CCC(C)CC2)ncc1-c1cc(=O)n(-c2ccccc2)[nH]1. The molecule has 3 aromatic rings. The Morgan fingerprint density at radius 3 is 2.58 bits per heavy atom. The molecule has 6 nitrogen and oxygen atoms in total. The van der Waals surface area contributed by atoms with Crippen molar-refractivity contribution in [2.45, 2.75) is 26.7 Å². The van der Waals surface area contributed by atoms with Crippen LogP contribution < -0.4 is 10.5 Å². The molecule has 0 amide bonds. The molecule has 1 aromatic carbocycles. The fourth-order valence-electron chi connectivity index (χ4n) is 3.38. The monoisotopic (exact) mass is 349 g/mol. The molecule has 1 fully saturated rings. The minimum Gasteiger partial charge on any atom is -0.341 e. The quantitative estimate of drug-likeness (QED) is 0.789. The molecule has 2 aromatic heterocycles. The Morgan fingerprint density at radius 2 is 1.88 bits per heavy atom. The number of hydrogen-bond donors (Lipinski definition) is 1. The first-order chi connectivity index (χ1) is 12.6. The Kier molecular flexibility index (Phi) is 4.32. The van der Waals surface area contributed by atoms with Crippen LogP contribution in [0.1, 0.15) is 25.5 Å². The molecule has 0 unspecified atom stereocenters. The average Bonchev–Trinajstić information content (AvgIpc) is 3.04. The number of rotatable bonds is 3. The third-order valence-electron chi connectivity index (χ3n) is 5.06. The van der Waals surface area contributed by atoms with E-state index in [0.29, 0.717) is 0 Å². The van der Waals surface area contributed by atoms with Crippen LogP contribution in [0.15, 0.2) is 47.4 Å². The van der Waals surface area contributed by atoms with Crippen molar-refractivity contribution >= 4 is 5.95 Å². The van der Waals surface area contributed by atoms with E-state index in [0.717, 1.165) is 47.6 Å². The Morgan fingerprint density at radius 1 is 1.15 bits per heavy atom. The van der Waals surface area contributed by atoms with E-state index < -0.39 is 0 Å². The third-order valence-corrected chi connectivity index (χ3v) is 5.06. The first-order valence-electron chi connectivity index (χ1n) is 9.08. The van der Waals surface area contributed by atoms with Crippen LogP contribution in [0.5, 0.6) is 0 Å². The number of hydrogen-bond acceptors (Lipinski definition) is 4. The Hall–Kier alpha value is -2.89. The van der Waals surface area contributed by atoms with Gasteiger partial charge in [-0.1, -0.05) is 25.1 Å². The summed E-state index contributed by atoms with van der Waals surface area (Å²) in [6.45, 7) is 6.26. The van der Waals surface area contributed by atoms with E-state index in [-0.39, 0.29) is 5.56 Å². The lowest BCUT2D eigenvalue weighted by atomic mass is 10.00. The Labute approximate surface area is 152 Å². The summed E-state index contributed by atoms with van der Waals surface area (Å²) in [7, 11) is 0. The normalized spacial score (nSPS) is 15.4. The molecule has 0 radical (unpaired) electrons. The summed E-state index contributed by atoms with van der Waals surface area (Å²) in [5.41, 5.74) is 3.16. The number of nitrogens with one attached hydrogen (secondary N) is 1. The first kappa shape index (κ1) is 16.6. The Bertz CT molecular complexity index is 952. The van der Waals surface area contributed by atoms with Gasteiger partial charge in [-0.15, -0.1) is 0 Å². The predicted molar refractivity (Wildman–Crippen MR) is 103 cm³/mol. The highest BCUT2D eigenvalue weighted by Crippen LogP contribution is 2.24. The summed E-state index contributed by atoms with van der Waals surface area (Å²) >= 11 is 0. The maximum absolute atomic E-state index is 12.4. The topological polar surface area (TPSA) is 66.8 Å². The van der Waals surface area contributed by atoms with Crippen LogP contribution in [-0.2, 0) is 0 Å². The lowest BCUT2D eigenvalue weighted by Crippen LogP contribution is -2.34. The number of piperidine rings is 1. The number of anilines is 1. The molecule has 4 rings (SSSR count). The van der Waals surface area contributed by atoms with Crippen LogP contribution in [0.2, 0.25) is 0 Å². The van der Waals surface area contributed by atoms with Crippen molar-refractivity contribution < 1.29 is 0 Å². The minimum atomic E-state index is -0.0975. The van der Waals surface area contributed by atoms with E-state index >= 15 is 0 Å². The van der Waals surface area contributed by atoms with Gasteiger partial charge in [0.15, 0.2) is 0 Å². The van der Waals surface area contributed by atoms with Crippen molar-refractivity contribution in [1.29, 1.82) is 0 Å². The lowest BCUT2D eigenvalue weighted by Gasteiger charge is -2.30. The summed E-state index contributed by atoms with van der Waals surface area (Å²) in [5, 5.41) is 3.17. The molecule has 0 saturated carbocycles. The molecule has 0 bridgehead atoms. The van der Waals surface area contributed by atoms with Crippen molar-refractivity contribution in [3.8, 4) is 16.9 Å². The van der Waals surface area contributed by atoms with Gasteiger partial charge in [0, 0.05) is 30.9 Å². The summed E-state index contributed by atoms with van der Waals surface area (Å²) in [6, 6.07) is 11.1. The van der Waals surface area contributed by atoms with Gasteiger partial charge in [-0.2, -0.15) is 0 Å². The van der Waals surface area contributed by atoms with Crippen LogP contribution in [0.4, 0.5) is 5.95 Å². The van der Waals surface area contributed by atoms with Gasteiger partial charge in [-0.25, -0.2) is 14.6 Å². The second kappa shape index (κ2) is 6.78. The van der Waals surface area contributed by atoms with Crippen LogP contribution >= 0.6 is 0 Å². The molecule has 1 aliphatic rings. The standard InChI is InChI=1S/C20H23N5O/c1-14-8-10-24(11-9-14)20-21-13-17(15(2)22-20)18-12-19(26)25(23-18)16-6-4-3-5-7-16/h3-7,12-14,23H,8-11H2,1-2H3. The van der Waals surface area contributed by atoms with Crippen molar-refractivity contribution in [2.24, 2.45) is 5.92 Å². The molecule has 26 heavy (non-hydrogen) atoms. The van der Waals surface area contributed by atoms with Gasteiger partial charge in [0.25, 0.3) is 5.56 Å². The van der Waals surface area contributed by atoms with Gasteiger partial charge in [0.05, 0.1) is 17.1 Å². The van der Waals surface area contributed by atoms with Gasteiger partial charge in [0.2, 0.25) is 5.95 Å². The number of para-hydroxylation sites is 1. The van der Waals surface area contributed by atoms with Gasteiger partial charge < -0.3 is 4.90 Å². The van der Waals surface area contributed by atoms with Crippen molar-refractivity contribution in [1.82, 2.24) is 19.7 Å². The highest BCUT2D eigenvalue weighted by molar-refractivity contribution is 5.61. The molecular formula is C20H23N5O. The largest absolute Gasteiger partial charge is 0.341 e. The molecule has 6 heteroatoms. The van der Waals surface area contributed by atoms with Gasteiger partial charge in [0.1, 0.15) is 0 Å². The van der Waals surface area contributed by atoms with Crippen molar-refractivity contribution in [2.75, 3.05) is 18.0 Å². The zero-order valence-corrected chi connectivity index (χ0v) is 15.1. The van der Waals surface area contributed by atoms with E-state index in [1.807, 2.05) is 43.5 Å². The molecule has 1 aliphatic heterocycles. The fraction of sp³-hybridized carbons (Fsp3) is 0.350. The van der Waals surface area contributed by atoms with E-state index in [4.69, 9.17) is 4.98 Å². The average molecular weight is 349 g/mol. The first-order valence-corrected chi connectivity index (χ1v) is 9.08. The summed E-state index contributed by atoms with van der Waals surface area (Å²) in [5.74, 6) is 1.55. The van der Waals surface area contributed by atoms with Crippen LogP contribution in [-0.4, -0.2) is 32.8 Å². The number of benzene rings is 1. The molecule has 0 spiro atoms. The van der Waals surface area contributed by atoms with E-state index in [9.17, 15) is 4.79 Å². The van der Waals surface area contributed by atoms with Gasteiger partial charge in [-0.3, -0.25) is 9.89 Å². The number of aryl methyl sites for hydroxylation is 1. The van der Waals surface area contributed by atoms with Crippen molar-refractivity contribution in [3.63, 3.8) is 0 Å². The summed E-state index contributed by atoms with van der Waals surface area (Å²) in [4.78, 5) is 23.9. The van der Waals surface area contributed by atoms with Crippen LogP contribution in [0, 0.1) is 12.8 Å². The molecular weight excluding hydrogens is 326 g/mol. The van der Waals surface area contributed by atoms with Gasteiger partial charge in [-0.05, 0) is 37.8 Å². The minimum absolute atomic E-state index is 0.0975. The van der Waals surface area contributed by atoms with E-state index in [2.05, 4.69) is 21.9 Å². The summed E-state index contributed by atoms with van der Waals surface area (Å²) < 4.78 is 1.54. The summed E-state index contributed by atoms with van der Waals surface area (Å²) in [6.07, 6.45) is 4.17. The maximum atomic E-state index is 12.4. The van der Waals surface area contributed by atoms with Crippen LogP contribution in [0.25, 0.3) is 16.9 Å². The fourth-order valence-corrected chi connectivity index (χ4v) is 3.38. The predicted octanol–water partition coefficient (Wildman–Crippen LogP) is 3.17. The molecule has 3 heterocycles. The highest BCUT2D eigenvalue weighted by Gasteiger charge is 2.19. The smallest absolute Gasteiger partial charge is 0.271 e. The van der Waals surface area contributed by atoms with E-state index in [1.165, 1.54) is 17.5 Å². The molecule has 1 N–H and O–H groups in total. The molecule has 0 atom stereocenters. The zero-order valence-electron chi connectivity index (χ0n) is 15.1. The molecule has 1 saturated heterocycles. The maximum Gasteiger partial charge on any atom is 0.271 e.